The van der Waals surface area contributed by atoms with Crippen molar-refractivity contribution in [2.45, 2.75) is 116 Å². The fraction of sp³-hybridized carbons (Fsp3) is 0.262. The lowest BCUT2D eigenvalue weighted by atomic mass is 10.0. The molecule has 1 N–H and O–H groups in total. The van der Waals surface area contributed by atoms with Crippen LogP contribution in [0.2, 0.25) is 0 Å². The van der Waals surface area contributed by atoms with E-state index >= 15 is 0 Å². The molecular formula is C103H103N9O10. The van der Waals surface area contributed by atoms with Crippen LogP contribution in [0.1, 0.15) is 85.6 Å². The van der Waals surface area contributed by atoms with Gasteiger partial charge in [0.1, 0.15) is 76.0 Å². The highest BCUT2D eigenvalue weighted by molar-refractivity contribution is 5.75. The Kier molecular flexibility index (Phi) is 24.9. The molecule has 122 heavy (non-hydrogen) atoms. The molecule has 16 aromatic rings. The van der Waals surface area contributed by atoms with E-state index in [1.807, 2.05) is 151 Å². The zero-order valence-electron chi connectivity index (χ0n) is 70.1. The van der Waals surface area contributed by atoms with E-state index in [0.29, 0.717) is 32.0 Å². The van der Waals surface area contributed by atoms with Crippen LogP contribution in [-0.4, -0.2) is 138 Å². The van der Waals surface area contributed by atoms with Crippen LogP contribution in [0, 0.1) is 0 Å². The van der Waals surface area contributed by atoms with Gasteiger partial charge < -0.3 is 47.7 Å². The fourth-order valence-corrected chi connectivity index (χ4v) is 14.8. The first-order valence-electron chi connectivity index (χ1n) is 42.5. The van der Waals surface area contributed by atoms with Crippen LogP contribution in [0.5, 0.6) is 40.2 Å². The predicted molar refractivity (Wildman–Crippen MR) is 482 cm³/mol. The van der Waals surface area contributed by atoms with Gasteiger partial charge in [0.05, 0.1) is 104 Å². The molecule has 20 rings (SSSR count). The van der Waals surface area contributed by atoms with Crippen molar-refractivity contribution in [3.8, 4) is 130 Å². The molecule has 0 atom stereocenters. The minimum absolute atomic E-state index is 0.164. The molecule has 0 radical (unpaired) electrons. The summed E-state index contributed by atoms with van der Waals surface area (Å²) >= 11 is 0. The molecule has 0 spiro atoms. The van der Waals surface area contributed by atoms with E-state index in [4.69, 9.17) is 42.6 Å². The average molecular weight is 1630 g/mol. The Balaban J connectivity index is 0.000000116. The molecule has 3 aliphatic carbocycles. The first-order valence-corrected chi connectivity index (χ1v) is 42.5. The number of morpholine rings is 1. The summed E-state index contributed by atoms with van der Waals surface area (Å²) in [6.45, 7) is 18.5. The molecule has 19 nitrogen and oxygen atoms in total. The standard InChI is InChI=1S/C28H31N3O3.C25H26N2O3.C25H22N2O2.C25H24N2O2/c1-21(2)34-26-10-3-22(4-11-26)24-7-12-28-29-19-27(31(28)20-24)23-5-8-25(9-6-23)33-18-15-30-13-16-32-17-14-30;1-18(2)30-23-11-4-19(5-12-23)21-8-13-25-26-16-24(27(25)17-21)20-6-9-22(10-7-20)29-15-14-28-3;1-6-20(28-22-10-11-22)7-2-17(1)19-5-14-25-26-15-24(27(25)16-19)18-3-8-21(9-4-18)29-23-12-13-23;1-17(2)29-22-10-5-18(6-11-22)20-7-12-24-26-15-23(27(24)16-20)19-3-8-21(9-4-19)25(28)13-14-25/h3-12,19-21H,13-18H2,1-2H3;4-13,16-18H,14-15H2,1-3H3;1-9,14-16,22-23H,10-13H2;3-12,15-17,28H,13-14H2,1-2H3. The van der Waals surface area contributed by atoms with Crippen LogP contribution in [0.3, 0.4) is 0 Å². The molecule has 8 aromatic heterocycles. The zero-order valence-corrected chi connectivity index (χ0v) is 70.1. The predicted octanol–water partition coefficient (Wildman–Crippen LogP) is 21.8. The molecule has 1 aliphatic heterocycles. The smallest absolute Gasteiger partial charge is 0.137 e. The number of imidazole rings is 4. The van der Waals surface area contributed by atoms with Crippen molar-refractivity contribution in [1.29, 1.82) is 0 Å². The van der Waals surface area contributed by atoms with E-state index in [2.05, 4.69) is 225 Å². The number of aliphatic hydroxyl groups is 1. The molecule has 8 aromatic carbocycles. The fourth-order valence-electron chi connectivity index (χ4n) is 14.8. The van der Waals surface area contributed by atoms with Gasteiger partial charge in [-0.25, -0.2) is 19.9 Å². The van der Waals surface area contributed by atoms with Gasteiger partial charge in [-0.15, -0.1) is 0 Å². The number of benzene rings is 8. The van der Waals surface area contributed by atoms with Crippen molar-refractivity contribution in [3.63, 3.8) is 0 Å². The van der Waals surface area contributed by atoms with E-state index in [1.165, 1.54) is 31.2 Å². The van der Waals surface area contributed by atoms with Gasteiger partial charge in [0.15, 0.2) is 0 Å². The van der Waals surface area contributed by atoms with Gasteiger partial charge in [-0.2, -0.15) is 0 Å². The van der Waals surface area contributed by atoms with Crippen molar-refractivity contribution in [2.75, 3.05) is 59.8 Å². The van der Waals surface area contributed by atoms with Crippen LogP contribution in [0.25, 0.3) is 112 Å². The third-order valence-electron chi connectivity index (χ3n) is 21.8. The molecule has 4 aliphatic rings. The number of pyridine rings is 4. The second-order valence-corrected chi connectivity index (χ2v) is 32.2. The summed E-state index contributed by atoms with van der Waals surface area (Å²) < 4.78 is 59.6. The van der Waals surface area contributed by atoms with Crippen LogP contribution < -0.4 is 33.2 Å². The van der Waals surface area contributed by atoms with E-state index in [1.54, 1.807) is 7.11 Å². The molecule has 1 saturated heterocycles. The van der Waals surface area contributed by atoms with Crippen molar-refractivity contribution in [1.82, 2.24) is 42.4 Å². The monoisotopic (exact) mass is 1630 g/mol. The van der Waals surface area contributed by atoms with Crippen molar-refractivity contribution in [2.24, 2.45) is 0 Å². The summed E-state index contributed by atoms with van der Waals surface area (Å²) in [5.41, 5.74) is 21.8. The highest BCUT2D eigenvalue weighted by Crippen LogP contribution is 2.46. The normalized spacial score (nSPS) is 14.2. The number of ether oxygens (including phenoxy) is 9. The summed E-state index contributed by atoms with van der Waals surface area (Å²) in [4.78, 5) is 20.7. The minimum atomic E-state index is -0.601. The lowest BCUT2D eigenvalue weighted by Crippen LogP contribution is -2.38. The minimum Gasteiger partial charge on any atom is -0.492 e. The molecule has 3 saturated carbocycles. The molecule has 0 amide bonds. The molecule has 4 fully saturated rings. The summed E-state index contributed by atoms with van der Waals surface area (Å²) in [6.07, 6.45) is 23.9. The van der Waals surface area contributed by atoms with Gasteiger partial charge in [0, 0.05) is 73.8 Å². The largest absolute Gasteiger partial charge is 0.492 e. The summed E-state index contributed by atoms with van der Waals surface area (Å²) in [5.74, 6) is 6.25. The molecular weight excluding hydrogens is 1520 g/mol. The lowest BCUT2D eigenvalue weighted by Gasteiger charge is -2.26. The quantitative estimate of drug-likeness (QED) is 0.0481. The number of fused-ring (bicyclic) bond motifs is 4. The van der Waals surface area contributed by atoms with E-state index < -0.39 is 5.60 Å². The van der Waals surface area contributed by atoms with E-state index in [0.717, 1.165) is 198 Å². The van der Waals surface area contributed by atoms with Crippen LogP contribution >= 0.6 is 0 Å². The average Bonchev–Trinajstić information content (AvgIpc) is 1.62. The highest BCUT2D eigenvalue weighted by atomic mass is 16.5. The van der Waals surface area contributed by atoms with Gasteiger partial charge in [-0.05, 0) is 300 Å². The summed E-state index contributed by atoms with van der Waals surface area (Å²) in [6, 6.07) is 82.4. The topological polar surface area (TPSA) is 176 Å². The Morgan fingerprint density at radius 3 is 0.910 bits per heavy atom. The Labute approximate surface area is 712 Å². The molecule has 0 bridgehead atoms. The second kappa shape index (κ2) is 37.3. The van der Waals surface area contributed by atoms with Gasteiger partial charge in [-0.3, -0.25) is 22.5 Å². The summed E-state index contributed by atoms with van der Waals surface area (Å²) in [7, 11) is 1.67. The van der Waals surface area contributed by atoms with Crippen LogP contribution in [0.15, 0.2) is 292 Å². The highest BCUT2D eigenvalue weighted by Gasteiger charge is 2.42. The molecule has 0 unspecified atom stereocenters. The number of hydrogen-bond acceptors (Lipinski definition) is 15. The number of nitrogens with zero attached hydrogens (tertiary/aromatic N) is 9. The van der Waals surface area contributed by atoms with E-state index in [-0.39, 0.29) is 18.3 Å². The van der Waals surface area contributed by atoms with Gasteiger partial charge >= 0.3 is 0 Å². The Bertz CT molecular complexity index is 6130. The molecule has 19 heteroatoms. The maximum Gasteiger partial charge on any atom is 0.137 e. The van der Waals surface area contributed by atoms with E-state index in [9.17, 15) is 5.11 Å². The van der Waals surface area contributed by atoms with Crippen molar-refractivity contribution in [3.05, 3.63) is 298 Å². The SMILES string of the molecule is CC(C)Oc1ccc(-c2ccc3ncc(-c4ccc(C5(O)CC5)cc4)n3c2)cc1.CC(C)Oc1ccc(-c2ccc3ncc(-c4ccc(OCCN5CCOCC5)cc4)n3c2)cc1.COCCOc1ccc(-c2cnc3ccc(-c4ccc(OC(C)C)cc4)cn23)cc1.c1cc(-c2ccc3ncc(-c4ccc(OC5CC5)cc4)n3c2)ccc1OC1CC1. The van der Waals surface area contributed by atoms with Crippen molar-refractivity contribution < 1.29 is 47.7 Å². The third-order valence-corrected chi connectivity index (χ3v) is 21.8. The molecule has 620 valence electrons. The van der Waals surface area contributed by atoms with Gasteiger partial charge in [0.25, 0.3) is 0 Å². The van der Waals surface area contributed by atoms with Gasteiger partial charge in [0.2, 0.25) is 0 Å². The Morgan fingerprint density at radius 2 is 0.615 bits per heavy atom. The Hall–Kier alpha value is -13.0. The summed E-state index contributed by atoms with van der Waals surface area (Å²) in [5, 5.41) is 10.3. The first kappa shape index (κ1) is 81.3. The Morgan fingerprint density at radius 1 is 0.336 bits per heavy atom. The molecule has 9 heterocycles. The lowest BCUT2D eigenvalue weighted by molar-refractivity contribution is 0.0322. The zero-order chi connectivity index (χ0) is 83.5. The van der Waals surface area contributed by atoms with Crippen LogP contribution in [-0.2, 0) is 15.1 Å². The number of methoxy groups -OCH3 is 1. The first-order chi connectivity index (χ1) is 59.6. The second-order valence-electron chi connectivity index (χ2n) is 32.2. The third kappa shape index (κ3) is 20.3. The number of rotatable bonds is 27. The number of hydrogen-bond donors (Lipinski definition) is 1. The van der Waals surface area contributed by atoms with Crippen LogP contribution in [0.4, 0.5) is 0 Å². The van der Waals surface area contributed by atoms with Crippen molar-refractivity contribution >= 4 is 22.6 Å². The maximum atomic E-state index is 10.3. The maximum absolute atomic E-state index is 10.3. The van der Waals surface area contributed by atoms with Gasteiger partial charge in [-0.1, -0.05) is 72.8 Å². The number of aromatic nitrogens is 8.